The van der Waals surface area contributed by atoms with Gasteiger partial charge in [0.15, 0.2) is 0 Å². The van der Waals surface area contributed by atoms with Gasteiger partial charge in [-0.2, -0.15) is 26.7 Å². The third-order valence-corrected chi connectivity index (χ3v) is 4.23. The minimum absolute atomic E-state index is 0.319. The van der Waals surface area contributed by atoms with Crippen molar-refractivity contribution in [1.29, 1.82) is 0 Å². The Balaban J connectivity index is 2.09. The minimum Gasteiger partial charge on any atom is -0.378 e. The molecular weight excluding hydrogens is 288 g/mol. The van der Waals surface area contributed by atoms with Crippen LogP contribution in [-0.4, -0.2) is 65.9 Å². The lowest BCUT2D eigenvalue weighted by Gasteiger charge is -2.27. The van der Waals surface area contributed by atoms with E-state index in [2.05, 4.69) is 44.3 Å². The zero-order valence-corrected chi connectivity index (χ0v) is 13.7. The monoisotopic (exact) mass is 312 g/mol. The van der Waals surface area contributed by atoms with E-state index >= 15 is 0 Å². The Morgan fingerprint density at radius 1 is 1.24 bits per heavy atom. The van der Waals surface area contributed by atoms with E-state index in [1.165, 1.54) is 0 Å². The maximum Gasteiger partial charge on any atom is 0.232 e. The van der Waals surface area contributed by atoms with Crippen LogP contribution in [0.5, 0.6) is 0 Å². The summed E-state index contributed by atoms with van der Waals surface area (Å²) in [4.78, 5) is 15.5. The van der Waals surface area contributed by atoms with E-state index in [1.54, 1.807) is 0 Å². The molecule has 0 aliphatic carbocycles. The molecule has 0 bridgehead atoms. The summed E-state index contributed by atoms with van der Waals surface area (Å²) in [6.07, 6.45) is 0. The quantitative estimate of drug-likeness (QED) is 0.780. The van der Waals surface area contributed by atoms with Crippen molar-refractivity contribution < 1.29 is 4.74 Å². The predicted octanol–water partition coefficient (Wildman–Crippen LogP) is 1.30. The average Bonchev–Trinajstić information content (AvgIpc) is 2.53. The molecule has 1 aliphatic rings. The Morgan fingerprint density at radius 3 is 2.62 bits per heavy atom. The largest absolute Gasteiger partial charge is 0.378 e. The molecule has 21 heavy (non-hydrogen) atoms. The first kappa shape index (κ1) is 16.1. The van der Waals surface area contributed by atoms with E-state index in [0.717, 1.165) is 24.6 Å². The predicted molar refractivity (Wildman–Crippen MR) is 88.5 cm³/mol. The number of morpholine rings is 1. The van der Waals surface area contributed by atoms with Gasteiger partial charge in [-0.15, -0.1) is 0 Å². The van der Waals surface area contributed by atoms with Crippen LogP contribution in [0.4, 0.5) is 17.8 Å². The molecule has 0 radical (unpaired) electrons. The molecule has 1 unspecified atom stereocenters. The number of nitrogens with zero attached hydrogens (tertiary/aromatic N) is 4. The molecule has 0 aromatic carbocycles. The zero-order valence-electron chi connectivity index (χ0n) is 12.9. The van der Waals surface area contributed by atoms with Gasteiger partial charge in [-0.05, 0) is 12.7 Å². The van der Waals surface area contributed by atoms with E-state index in [1.807, 2.05) is 18.8 Å². The van der Waals surface area contributed by atoms with Gasteiger partial charge in [-0.25, -0.2) is 0 Å². The standard InChI is InChI=1S/C13H24N6OS/c1-4-21-9-10(2)15-12-16-11(14-3)17-13(18-12)19-5-7-20-8-6-19/h10H,4-9H2,1-3H3,(H2,14,15,16,17,18). The van der Waals surface area contributed by atoms with E-state index in [0.29, 0.717) is 37.1 Å². The van der Waals surface area contributed by atoms with Crippen molar-refractivity contribution in [3.63, 3.8) is 0 Å². The summed E-state index contributed by atoms with van der Waals surface area (Å²) in [7, 11) is 1.82. The maximum absolute atomic E-state index is 5.37. The number of hydrogen-bond acceptors (Lipinski definition) is 8. The van der Waals surface area contributed by atoms with Gasteiger partial charge in [-0.3, -0.25) is 0 Å². The van der Waals surface area contributed by atoms with Crippen molar-refractivity contribution in [2.45, 2.75) is 19.9 Å². The summed E-state index contributed by atoms with van der Waals surface area (Å²) in [5, 5.41) is 6.35. The topological polar surface area (TPSA) is 75.2 Å². The Bertz CT molecular complexity index is 441. The normalized spacial score (nSPS) is 16.6. The molecule has 0 spiro atoms. The van der Waals surface area contributed by atoms with Crippen molar-refractivity contribution in [3.8, 4) is 0 Å². The van der Waals surface area contributed by atoms with Crippen molar-refractivity contribution in [2.24, 2.45) is 0 Å². The molecule has 1 aromatic heterocycles. The van der Waals surface area contributed by atoms with Crippen LogP contribution in [0.3, 0.4) is 0 Å². The fourth-order valence-corrected chi connectivity index (χ4v) is 2.68. The number of anilines is 3. The molecule has 8 heteroatoms. The highest BCUT2D eigenvalue weighted by Gasteiger charge is 2.16. The number of hydrogen-bond donors (Lipinski definition) is 2. The highest BCUT2D eigenvalue weighted by atomic mass is 32.2. The molecule has 1 saturated heterocycles. The number of aromatic nitrogens is 3. The van der Waals surface area contributed by atoms with Gasteiger partial charge in [0.25, 0.3) is 0 Å². The van der Waals surface area contributed by atoms with E-state index in [-0.39, 0.29) is 0 Å². The number of nitrogens with one attached hydrogen (secondary N) is 2. The van der Waals surface area contributed by atoms with Gasteiger partial charge >= 0.3 is 0 Å². The summed E-state index contributed by atoms with van der Waals surface area (Å²) in [5.74, 6) is 4.06. The molecule has 1 fully saturated rings. The highest BCUT2D eigenvalue weighted by molar-refractivity contribution is 7.99. The van der Waals surface area contributed by atoms with Gasteiger partial charge in [0.05, 0.1) is 13.2 Å². The molecule has 1 atom stereocenters. The molecule has 2 heterocycles. The summed E-state index contributed by atoms with van der Waals surface area (Å²) >= 11 is 1.90. The molecular formula is C13H24N6OS. The van der Waals surface area contributed by atoms with Crippen LogP contribution in [0, 0.1) is 0 Å². The highest BCUT2D eigenvalue weighted by Crippen LogP contribution is 2.16. The number of rotatable bonds is 7. The maximum atomic E-state index is 5.37. The summed E-state index contributed by atoms with van der Waals surface area (Å²) in [6, 6.07) is 0.319. The molecule has 0 amide bonds. The lowest BCUT2D eigenvalue weighted by molar-refractivity contribution is 0.122. The van der Waals surface area contributed by atoms with Gasteiger partial charge in [0, 0.05) is 31.9 Å². The Morgan fingerprint density at radius 2 is 1.95 bits per heavy atom. The van der Waals surface area contributed by atoms with E-state index < -0.39 is 0 Å². The molecule has 7 nitrogen and oxygen atoms in total. The molecule has 2 N–H and O–H groups in total. The molecule has 2 rings (SSSR count). The molecule has 1 aliphatic heterocycles. The van der Waals surface area contributed by atoms with Gasteiger partial charge in [0.1, 0.15) is 0 Å². The Labute approximate surface area is 130 Å². The first-order chi connectivity index (χ1) is 10.2. The van der Waals surface area contributed by atoms with Gasteiger partial charge < -0.3 is 20.3 Å². The Hall–Kier alpha value is -1.28. The second-order valence-electron chi connectivity index (χ2n) is 4.84. The molecule has 118 valence electrons. The Kier molecular flexibility index (Phi) is 6.31. The van der Waals surface area contributed by atoms with Gasteiger partial charge in [0.2, 0.25) is 17.8 Å². The third-order valence-electron chi connectivity index (χ3n) is 3.09. The van der Waals surface area contributed by atoms with E-state index in [9.17, 15) is 0 Å². The number of ether oxygens (including phenoxy) is 1. The molecule has 0 saturated carbocycles. The fraction of sp³-hybridized carbons (Fsp3) is 0.769. The van der Waals surface area contributed by atoms with Crippen molar-refractivity contribution in [1.82, 2.24) is 15.0 Å². The lowest BCUT2D eigenvalue weighted by Crippen LogP contribution is -2.37. The zero-order chi connectivity index (χ0) is 15.1. The van der Waals surface area contributed by atoms with Crippen LogP contribution in [0.1, 0.15) is 13.8 Å². The second kappa shape index (κ2) is 8.23. The van der Waals surface area contributed by atoms with Gasteiger partial charge in [-0.1, -0.05) is 6.92 Å². The first-order valence-electron chi connectivity index (χ1n) is 7.33. The van der Waals surface area contributed by atoms with Crippen LogP contribution in [0.2, 0.25) is 0 Å². The van der Waals surface area contributed by atoms with Crippen LogP contribution >= 0.6 is 11.8 Å². The van der Waals surface area contributed by atoms with Crippen molar-refractivity contribution in [3.05, 3.63) is 0 Å². The lowest BCUT2D eigenvalue weighted by atomic mass is 10.4. The SMILES string of the molecule is CCSCC(C)Nc1nc(NC)nc(N2CCOCC2)n1. The second-order valence-corrected chi connectivity index (χ2v) is 6.16. The van der Waals surface area contributed by atoms with Crippen LogP contribution in [0.15, 0.2) is 0 Å². The van der Waals surface area contributed by atoms with Crippen molar-refractivity contribution >= 4 is 29.6 Å². The average molecular weight is 312 g/mol. The van der Waals surface area contributed by atoms with Crippen LogP contribution in [-0.2, 0) is 4.74 Å². The van der Waals surface area contributed by atoms with E-state index in [4.69, 9.17) is 4.74 Å². The summed E-state index contributed by atoms with van der Waals surface area (Å²) < 4.78 is 5.37. The van der Waals surface area contributed by atoms with Crippen molar-refractivity contribution in [2.75, 3.05) is 60.4 Å². The minimum atomic E-state index is 0.319. The number of thioether (sulfide) groups is 1. The first-order valence-corrected chi connectivity index (χ1v) is 8.49. The van der Waals surface area contributed by atoms with Crippen LogP contribution in [0.25, 0.3) is 0 Å². The summed E-state index contributed by atoms with van der Waals surface area (Å²) in [6.45, 7) is 7.36. The summed E-state index contributed by atoms with van der Waals surface area (Å²) in [5.41, 5.74) is 0. The molecule has 1 aromatic rings. The fourth-order valence-electron chi connectivity index (χ4n) is 2.00. The third kappa shape index (κ3) is 4.89. The smallest absolute Gasteiger partial charge is 0.232 e. The van der Waals surface area contributed by atoms with Crippen LogP contribution < -0.4 is 15.5 Å².